The molecule has 1 aliphatic heterocycles. The molecule has 0 saturated carbocycles. The van der Waals surface area contributed by atoms with E-state index in [0.717, 1.165) is 57.0 Å². The Balaban J connectivity index is 1.69. The van der Waals surface area contributed by atoms with Crippen LogP contribution in [0.3, 0.4) is 0 Å². The lowest BCUT2D eigenvalue weighted by molar-refractivity contribution is 0.104. The lowest BCUT2D eigenvalue weighted by atomic mass is 10.1. The Hall–Kier alpha value is -1.30. The van der Waals surface area contributed by atoms with E-state index in [0.29, 0.717) is 0 Å². The third-order valence-electron chi connectivity index (χ3n) is 3.92. The van der Waals surface area contributed by atoms with Crippen LogP contribution in [-0.4, -0.2) is 55.8 Å². The molecular weight excluding hydrogens is 276 g/mol. The summed E-state index contributed by atoms with van der Waals surface area (Å²) in [5.41, 5.74) is 11.6. The van der Waals surface area contributed by atoms with Crippen molar-refractivity contribution in [2.24, 2.45) is 0 Å². The number of anilines is 1. The first kappa shape index (κ1) is 17.1. The standard InChI is InChI=1S/C17H30N4O/c1-14(2)22-17-7-6-15(13-16(17)18)5-4-8-19-21-11-9-20(3)10-12-21/h6-7,13-14,19H,4-5,8-12,18H2,1-3H3. The third-order valence-corrected chi connectivity index (χ3v) is 3.92. The number of hydrazine groups is 1. The predicted octanol–water partition coefficient (Wildman–Crippen LogP) is 1.74. The van der Waals surface area contributed by atoms with E-state index in [1.54, 1.807) is 0 Å². The lowest BCUT2D eigenvalue weighted by Crippen LogP contribution is -2.50. The van der Waals surface area contributed by atoms with Gasteiger partial charge >= 0.3 is 0 Å². The molecule has 5 nitrogen and oxygen atoms in total. The number of nitrogens with two attached hydrogens (primary N) is 1. The third kappa shape index (κ3) is 5.48. The summed E-state index contributed by atoms with van der Waals surface area (Å²) in [5.74, 6) is 0.786. The van der Waals surface area contributed by atoms with Crippen LogP contribution < -0.4 is 15.9 Å². The van der Waals surface area contributed by atoms with Crippen molar-refractivity contribution in [2.75, 3.05) is 45.5 Å². The minimum absolute atomic E-state index is 0.154. The zero-order valence-corrected chi connectivity index (χ0v) is 14.1. The van der Waals surface area contributed by atoms with Crippen LogP contribution >= 0.6 is 0 Å². The SMILES string of the molecule is CC(C)Oc1ccc(CCCNN2CCN(C)CC2)cc1N. The van der Waals surface area contributed by atoms with Crippen LogP contribution in [0.4, 0.5) is 5.69 Å². The van der Waals surface area contributed by atoms with Gasteiger partial charge in [0.2, 0.25) is 0 Å². The Kier molecular flexibility index (Phi) is 6.49. The Morgan fingerprint density at radius 2 is 1.95 bits per heavy atom. The molecule has 0 spiro atoms. The molecule has 0 radical (unpaired) electrons. The second kappa shape index (κ2) is 8.36. The molecule has 0 amide bonds. The largest absolute Gasteiger partial charge is 0.489 e. The van der Waals surface area contributed by atoms with E-state index in [2.05, 4.69) is 28.4 Å². The maximum Gasteiger partial charge on any atom is 0.142 e. The summed E-state index contributed by atoms with van der Waals surface area (Å²) in [5, 5.41) is 2.33. The first-order chi connectivity index (χ1) is 10.5. The number of nitrogens with zero attached hydrogens (tertiary/aromatic N) is 2. The number of hydrogen-bond acceptors (Lipinski definition) is 5. The van der Waals surface area contributed by atoms with Crippen LogP contribution in [0, 0.1) is 0 Å². The molecule has 1 aromatic carbocycles. The maximum atomic E-state index is 6.05. The molecule has 1 heterocycles. The van der Waals surface area contributed by atoms with Gasteiger partial charge in [0.05, 0.1) is 11.8 Å². The van der Waals surface area contributed by atoms with Crippen LogP contribution in [0.2, 0.25) is 0 Å². The highest BCUT2D eigenvalue weighted by Gasteiger charge is 2.12. The van der Waals surface area contributed by atoms with Gasteiger partial charge in [0.1, 0.15) is 5.75 Å². The van der Waals surface area contributed by atoms with E-state index in [4.69, 9.17) is 10.5 Å². The number of hydrogen-bond donors (Lipinski definition) is 2. The van der Waals surface area contributed by atoms with E-state index < -0.39 is 0 Å². The Labute approximate surface area is 134 Å². The van der Waals surface area contributed by atoms with Crippen molar-refractivity contribution < 1.29 is 4.74 Å². The summed E-state index contributed by atoms with van der Waals surface area (Å²) in [4.78, 5) is 2.36. The summed E-state index contributed by atoms with van der Waals surface area (Å²) >= 11 is 0. The highest BCUT2D eigenvalue weighted by atomic mass is 16.5. The van der Waals surface area contributed by atoms with E-state index in [1.807, 2.05) is 26.0 Å². The molecule has 124 valence electrons. The second-order valence-corrected chi connectivity index (χ2v) is 6.34. The molecule has 22 heavy (non-hydrogen) atoms. The highest BCUT2D eigenvalue weighted by molar-refractivity contribution is 5.54. The molecule has 2 rings (SSSR count). The number of benzene rings is 1. The summed E-state index contributed by atoms with van der Waals surface area (Å²) in [6, 6.07) is 6.13. The average Bonchev–Trinajstić information content (AvgIpc) is 2.48. The molecule has 0 bridgehead atoms. The quantitative estimate of drug-likeness (QED) is 0.594. The topological polar surface area (TPSA) is 53.8 Å². The van der Waals surface area contributed by atoms with Gasteiger partial charge in [-0.2, -0.15) is 0 Å². The number of aryl methyl sites for hydroxylation is 1. The highest BCUT2D eigenvalue weighted by Crippen LogP contribution is 2.24. The van der Waals surface area contributed by atoms with Crippen molar-refractivity contribution in [3.05, 3.63) is 23.8 Å². The molecule has 1 fully saturated rings. The van der Waals surface area contributed by atoms with Crippen molar-refractivity contribution in [1.29, 1.82) is 0 Å². The van der Waals surface area contributed by atoms with Crippen LogP contribution in [0.15, 0.2) is 18.2 Å². The normalized spacial score (nSPS) is 17.1. The molecule has 0 atom stereocenters. The second-order valence-electron chi connectivity index (χ2n) is 6.34. The molecule has 1 aromatic rings. The summed E-state index contributed by atoms with van der Waals surface area (Å²) in [6.07, 6.45) is 2.30. The van der Waals surface area contributed by atoms with Gasteiger partial charge in [-0.05, 0) is 51.4 Å². The van der Waals surface area contributed by atoms with Crippen LogP contribution in [-0.2, 0) is 6.42 Å². The Morgan fingerprint density at radius 1 is 1.23 bits per heavy atom. The first-order valence-electron chi connectivity index (χ1n) is 8.26. The van der Waals surface area contributed by atoms with Gasteiger partial charge in [-0.25, -0.2) is 5.01 Å². The van der Waals surface area contributed by atoms with Crippen molar-refractivity contribution in [3.8, 4) is 5.75 Å². The van der Waals surface area contributed by atoms with E-state index in [9.17, 15) is 0 Å². The zero-order valence-electron chi connectivity index (χ0n) is 14.1. The lowest BCUT2D eigenvalue weighted by Gasteiger charge is -2.32. The van der Waals surface area contributed by atoms with Crippen molar-refractivity contribution >= 4 is 5.69 Å². The summed E-state index contributed by atoms with van der Waals surface area (Å²) < 4.78 is 5.67. The van der Waals surface area contributed by atoms with Crippen molar-refractivity contribution in [2.45, 2.75) is 32.8 Å². The summed E-state index contributed by atoms with van der Waals surface area (Å²) in [6.45, 7) is 9.51. The molecule has 0 unspecified atom stereocenters. The van der Waals surface area contributed by atoms with Crippen LogP contribution in [0.25, 0.3) is 0 Å². The Morgan fingerprint density at radius 3 is 2.59 bits per heavy atom. The molecule has 5 heteroatoms. The zero-order chi connectivity index (χ0) is 15.9. The summed E-state index contributed by atoms with van der Waals surface area (Å²) in [7, 11) is 2.18. The number of likely N-dealkylation sites (N-methyl/N-ethyl adjacent to an activating group) is 1. The average molecular weight is 306 g/mol. The molecule has 1 saturated heterocycles. The van der Waals surface area contributed by atoms with Gasteiger partial charge < -0.3 is 15.4 Å². The number of piperazine rings is 1. The van der Waals surface area contributed by atoms with Gasteiger partial charge in [0.15, 0.2) is 0 Å². The van der Waals surface area contributed by atoms with Crippen LogP contribution in [0.5, 0.6) is 5.75 Å². The fourth-order valence-electron chi connectivity index (χ4n) is 2.61. The Bertz CT molecular complexity index is 456. The van der Waals surface area contributed by atoms with Gasteiger partial charge in [-0.3, -0.25) is 5.43 Å². The molecule has 1 aliphatic rings. The fraction of sp³-hybridized carbons (Fsp3) is 0.647. The number of rotatable bonds is 7. The predicted molar refractivity (Wildman–Crippen MR) is 92.0 cm³/mol. The number of nitrogen functional groups attached to an aromatic ring is 1. The molecule has 0 aromatic heterocycles. The van der Waals surface area contributed by atoms with Gasteiger partial charge in [-0.1, -0.05) is 6.07 Å². The minimum Gasteiger partial charge on any atom is -0.489 e. The number of nitrogens with one attached hydrogen (secondary N) is 1. The van der Waals surface area contributed by atoms with Gasteiger partial charge in [0.25, 0.3) is 0 Å². The van der Waals surface area contributed by atoms with Crippen LogP contribution in [0.1, 0.15) is 25.8 Å². The fourth-order valence-corrected chi connectivity index (χ4v) is 2.61. The van der Waals surface area contributed by atoms with E-state index >= 15 is 0 Å². The molecule has 3 N–H and O–H groups in total. The maximum absolute atomic E-state index is 6.05. The smallest absolute Gasteiger partial charge is 0.142 e. The molecule has 0 aliphatic carbocycles. The van der Waals surface area contributed by atoms with Gasteiger partial charge in [-0.15, -0.1) is 0 Å². The van der Waals surface area contributed by atoms with Crippen molar-refractivity contribution in [1.82, 2.24) is 15.3 Å². The van der Waals surface area contributed by atoms with Crippen molar-refractivity contribution in [3.63, 3.8) is 0 Å². The van der Waals surface area contributed by atoms with E-state index in [-0.39, 0.29) is 6.10 Å². The number of ether oxygens (including phenoxy) is 1. The van der Waals surface area contributed by atoms with Gasteiger partial charge in [0, 0.05) is 32.7 Å². The molecular formula is C17H30N4O. The van der Waals surface area contributed by atoms with E-state index in [1.165, 1.54) is 5.56 Å². The monoisotopic (exact) mass is 306 g/mol. The minimum atomic E-state index is 0.154. The first-order valence-corrected chi connectivity index (χ1v) is 8.26.